The lowest BCUT2D eigenvalue weighted by atomic mass is 9.57. The van der Waals surface area contributed by atoms with Crippen molar-refractivity contribution in [1.29, 1.82) is 0 Å². The minimum Gasteiger partial charge on any atom is -0.394 e. The quantitative estimate of drug-likeness (QED) is 0.621. The van der Waals surface area contributed by atoms with Crippen molar-refractivity contribution >= 4 is 0 Å². The number of rotatable bonds is 5. The van der Waals surface area contributed by atoms with E-state index in [-0.39, 0.29) is 35.8 Å². The van der Waals surface area contributed by atoms with Crippen LogP contribution in [0.25, 0.3) is 0 Å². The molecule has 0 spiro atoms. The van der Waals surface area contributed by atoms with Crippen LogP contribution in [0.1, 0.15) is 59.9 Å². The summed E-state index contributed by atoms with van der Waals surface area (Å²) in [6, 6.07) is 16.0. The van der Waals surface area contributed by atoms with Crippen molar-refractivity contribution in [3.8, 4) is 0 Å². The van der Waals surface area contributed by atoms with Crippen molar-refractivity contribution in [3.63, 3.8) is 0 Å². The van der Waals surface area contributed by atoms with Crippen molar-refractivity contribution in [2.75, 3.05) is 6.61 Å². The van der Waals surface area contributed by atoms with Crippen molar-refractivity contribution < 1.29 is 5.11 Å². The van der Waals surface area contributed by atoms with Crippen molar-refractivity contribution in [1.82, 2.24) is 5.32 Å². The maximum atomic E-state index is 10.3. The van der Waals surface area contributed by atoms with E-state index in [2.05, 4.69) is 94.2 Å². The topological polar surface area (TPSA) is 32.3 Å². The van der Waals surface area contributed by atoms with E-state index in [0.717, 1.165) is 18.5 Å². The highest BCUT2D eigenvalue weighted by Crippen LogP contribution is 2.59. The fourth-order valence-corrected chi connectivity index (χ4v) is 6.00. The molecule has 0 amide bonds. The van der Waals surface area contributed by atoms with Crippen LogP contribution in [0.3, 0.4) is 0 Å². The van der Waals surface area contributed by atoms with Crippen LogP contribution in [-0.4, -0.2) is 17.8 Å². The zero-order chi connectivity index (χ0) is 21.5. The Hall–Kier alpha value is -2.32. The van der Waals surface area contributed by atoms with Crippen LogP contribution in [0.4, 0.5) is 0 Å². The summed E-state index contributed by atoms with van der Waals surface area (Å²) < 4.78 is 0. The number of allylic oxidation sites excluding steroid dienone is 2. The largest absolute Gasteiger partial charge is 0.394 e. The van der Waals surface area contributed by atoms with Crippen LogP contribution in [0.15, 0.2) is 66.9 Å². The first kappa shape index (κ1) is 20.9. The first-order chi connectivity index (χ1) is 14.4. The summed E-state index contributed by atoms with van der Waals surface area (Å²) in [6.45, 7) is 13.3. The molecule has 30 heavy (non-hydrogen) atoms. The summed E-state index contributed by atoms with van der Waals surface area (Å²) in [7, 11) is 0. The van der Waals surface area contributed by atoms with Gasteiger partial charge in [-0.3, -0.25) is 0 Å². The maximum absolute atomic E-state index is 10.3. The molecule has 1 saturated heterocycles. The molecule has 2 aliphatic rings. The molecule has 2 heteroatoms. The number of aliphatic hydroxyl groups excluding tert-OH is 1. The smallest absolute Gasteiger partial charge is 0.0636 e. The second kappa shape index (κ2) is 8.07. The summed E-state index contributed by atoms with van der Waals surface area (Å²) in [6.07, 6.45) is 6.85. The normalized spacial score (nSPS) is 30.2. The molecule has 2 aromatic carbocycles. The van der Waals surface area contributed by atoms with Gasteiger partial charge in [0.15, 0.2) is 0 Å². The van der Waals surface area contributed by atoms with Crippen LogP contribution in [-0.2, 0) is 6.42 Å². The van der Waals surface area contributed by atoms with E-state index in [4.69, 9.17) is 0 Å². The van der Waals surface area contributed by atoms with Crippen molar-refractivity contribution in [3.05, 3.63) is 94.7 Å². The fraction of sp³-hybridized carbons (Fsp3) is 0.429. The van der Waals surface area contributed by atoms with E-state index in [1.54, 1.807) is 0 Å². The molecule has 158 valence electrons. The molecule has 2 N–H and O–H groups in total. The Morgan fingerprint density at radius 1 is 1.03 bits per heavy atom. The SMILES string of the molecule is C=C1N[C@H](CO)[C@H]2[C@@H](c3ccc(C)cc3)[C@H](c3ccc(C)cc3CC)C=C[C@@]12CC. The average Bonchev–Trinajstić information content (AvgIpc) is 3.06. The lowest BCUT2D eigenvalue weighted by molar-refractivity contribution is 0.155. The Kier molecular flexibility index (Phi) is 5.63. The van der Waals surface area contributed by atoms with Gasteiger partial charge in [-0.2, -0.15) is 0 Å². The zero-order valence-electron chi connectivity index (χ0n) is 18.8. The van der Waals surface area contributed by atoms with Gasteiger partial charge in [0, 0.05) is 28.9 Å². The lowest BCUT2D eigenvalue weighted by Crippen LogP contribution is -2.42. The fourth-order valence-electron chi connectivity index (χ4n) is 6.00. The van der Waals surface area contributed by atoms with E-state index in [1.807, 2.05) is 0 Å². The molecule has 1 aliphatic carbocycles. The maximum Gasteiger partial charge on any atom is 0.0636 e. The standard InChI is InChI=1S/C28H35NO/c1-6-21-16-19(4)10-13-23(21)24-14-15-28(7-2)20(5)29-25(17-30)27(28)26(24)22-11-8-18(3)9-12-22/h8-16,24-27,29-30H,5-7,17H2,1-4H3/t24-,25+,26-,27-,28-/m0/s1. The molecule has 2 aromatic rings. The van der Waals surface area contributed by atoms with Crippen LogP contribution in [0, 0.1) is 25.2 Å². The number of aryl methyl sites for hydroxylation is 3. The molecule has 5 atom stereocenters. The summed E-state index contributed by atoms with van der Waals surface area (Å²) in [5.41, 5.74) is 7.74. The van der Waals surface area contributed by atoms with Gasteiger partial charge in [0.1, 0.15) is 0 Å². The summed E-state index contributed by atoms with van der Waals surface area (Å²) in [5.74, 6) is 0.839. The first-order valence-electron chi connectivity index (χ1n) is 11.4. The van der Waals surface area contributed by atoms with Crippen molar-refractivity contribution in [2.24, 2.45) is 11.3 Å². The highest BCUT2D eigenvalue weighted by Gasteiger charge is 2.55. The van der Waals surface area contributed by atoms with Crippen LogP contribution >= 0.6 is 0 Å². The Morgan fingerprint density at radius 2 is 1.73 bits per heavy atom. The van der Waals surface area contributed by atoms with E-state index < -0.39 is 0 Å². The molecule has 0 unspecified atom stereocenters. The van der Waals surface area contributed by atoms with Crippen LogP contribution in [0.5, 0.6) is 0 Å². The predicted molar refractivity (Wildman–Crippen MR) is 126 cm³/mol. The summed E-state index contributed by atoms with van der Waals surface area (Å²) in [5, 5.41) is 13.9. The molecular weight excluding hydrogens is 366 g/mol. The van der Waals surface area contributed by atoms with Gasteiger partial charge in [-0.05, 0) is 43.4 Å². The Morgan fingerprint density at radius 3 is 2.37 bits per heavy atom. The van der Waals surface area contributed by atoms with Gasteiger partial charge in [-0.15, -0.1) is 0 Å². The van der Waals surface area contributed by atoms with Crippen LogP contribution < -0.4 is 5.32 Å². The number of benzene rings is 2. The number of nitrogens with one attached hydrogen (secondary N) is 1. The molecule has 0 saturated carbocycles. The Labute approximate surface area is 181 Å². The van der Waals surface area contributed by atoms with E-state index >= 15 is 0 Å². The van der Waals surface area contributed by atoms with Gasteiger partial charge in [-0.1, -0.05) is 86.2 Å². The summed E-state index contributed by atoms with van der Waals surface area (Å²) in [4.78, 5) is 0. The van der Waals surface area contributed by atoms with Gasteiger partial charge in [0.05, 0.1) is 12.6 Å². The Bertz CT molecular complexity index is 957. The molecule has 1 fully saturated rings. The third kappa shape index (κ3) is 3.22. The third-order valence-electron chi connectivity index (χ3n) is 7.61. The number of hydrogen-bond acceptors (Lipinski definition) is 2. The van der Waals surface area contributed by atoms with E-state index in [0.29, 0.717) is 0 Å². The predicted octanol–water partition coefficient (Wildman–Crippen LogP) is 5.79. The number of fused-ring (bicyclic) bond motifs is 1. The number of hydrogen-bond donors (Lipinski definition) is 2. The van der Waals surface area contributed by atoms with E-state index in [1.165, 1.54) is 27.8 Å². The summed E-state index contributed by atoms with van der Waals surface area (Å²) >= 11 is 0. The van der Waals surface area contributed by atoms with Crippen LogP contribution in [0.2, 0.25) is 0 Å². The van der Waals surface area contributed by atoms with Gasteiger partial charge >= 0.3 is 0 Å². The Balaban J connectivity index is 1.93. The molecule has 4 rings (SSSR count). The average molecular weight is 402 g/mol. The monoisotopic (exact) mass is 401 g/mol. The zero-order valence-corrected chi connectivity index (χ0v) is 18.8. The molecule has 1 aliphatic heterocycles. The van der Waals surface area contributed by atoms with Gasteiger partial charge < -0.3 is 10.4 Å². The molecule has 1 heterocycles. The van der Waals surface area contributed by atoms with Crippen molar-refractivity contribution in [2.45, 2.75) is 58.4 Å². The number of aliphatic hydroxyl groups is 1. The molecular formula is C28H35NO. The van der Waals surface area contributed by atoms with Gasteiger partial charge in [0.25, 0.3) is 0 Å². The molecule has 0 radical (unpaired) electrons. The third-order valence-corrected chi connectivity index (χ3v) is 7.61. The lowest BCUT2D eigenvalue weighted by Gasteiger charge is -2.45. The van der Waals surface area contributed by atoms with Gasteiger partial charge in [0.2, 0.25) is 0 Å². The second-order valence-electron chi connectivity index (χ2n) is 9.21. The van der Waals surface area contributed by atoms with E-state index in [9.17, 15) is 5.11 Å². The molecule has 0 aromatic heterocycles. The minimum absolute atomic E-state index is 0.0201. The highest BCUT2D eigenvalue weighted by molar-refractivity contribution is 5.46. The molecule has 0 bridgehead atoms. The molecule has 2 nitrogen and oxygen atoms in total. The minimum atomic E-state index is -0.115. The second-order valence-corrected chi connectivity index (χ2v) is 9.21. The first-order valence-corrected chi connectivity index (χ1v) is 11.4. The highest BCUT2D eigenvalue weighted by atomic mass is 16.3. The van der Waals surface area contributed by atoms with Gasteiger partial charge in [-0.25, -0.2) is 0 Å².